The average Bonchev–Trinajstić information content (AvgIpc) is 1.58. The fourth-order valence-corrected chi connectivity index (χ4v) is 15.9. The molecule has 4 heterocycles. The average molecular weight is 1530 g/mol. The number of hydrogen-bond acceptors (Lipinski definition) is 10. The zero-order valence-corrected chi connectivity index (χ0v) is 63.3. The van der Waals surface area contributed by atoms with Gasteiger partial charge in [0.15, 0.2) is 57.7 Å². The summed E-state index contributed by atoms with van der Waals surface area (Å²) in [6.45, 7) is 33.4. The number of rotatable bonds is 14. The normalized spacial score (nSPS) is 10.9. The zero-order chi connectivity index (χ0) is 81.5. The molecule has 0 spiro atoms. The van der Waals surface area contributed by atoms with Crippen molar-refractivity contribution in [2.75, 3.05) is 0 Å². The quantitative estimate of drug-likeness (QED) is 0.0943. The molecule has 0 aliphatic rings. The summed E-state index contributed by atoms with van der Waals surface area (Å²) in [5, 5.41) is 43.3. The van der Waals surface area contributed by atoms with Crippen molar-refractivity contribution in [1.82, 2.24) is 39.0 Å². The van der Waals surface area contributed by atoms with E-state index in [0.29, 0.717) is 113 Å². The second kappa shape index (κ2) is 30.4. The topological polar surface area (TPSA) is 200 Å². The molecular formula is C104H54N16. The Hall–Kier alpha value is -18.2. The first kappa shape index (κ1) is 72.1. The third-order valence-electron chi connectivity index (χ3n) is 21.6. The van der Waals surface area contributed by atoms with Crippen LogP contribution in [0.1, 0.15) is 22.3 Å². The van der Waals surface area contributed by atoms with Crippen molar-refractivity contribution in [2.24, 2.45) is 0 Å². The molecule has 0 N–H and O–H groups in total. The lowest BCUT2D eigenvalue weighted by Gasteiger charge is -2.19. The van der Waals surface area contributed by atoms with Crippen molar-refractivity contribution in [3.8, 4) is 171 Å². The molecule has 0 aliphatic carbocycles. The minimum Gasteiger partial charge on any atom is -0.309 e. The van der Waals surface area contributed by atoms with Crippen molar-refractivity contribution < 1.29 is 0 Å². The van der Waals surface area contributed by atoms with Crippen molar-refractivity contribution in [3.05, 3.63) is 396 Å². The molecule has 4 aromatic heterocycles. The molecule has 0 bridgehead atoms. The fourth-order valence-electron chi connectivity index (χ4n) is 15.9. The second-order valence-corrected chi connectivity index (χ2v) is 28.5. The highest BCUT2D eigenvalue weighted by molar-refractivity contribution is 6.15. The monoisotopic (exact) mass is 1530 g/mol. The van der Waals surface area contributed by atoms with Gasteiger partial charge < -0.3 is 9.13 Å². The van der Waals surface area contributed by atoms with Gasteiger partial charge in [-0.15, -0.1) is 0 Å². The summed E-state index contributed by atoms with van der Waals surface area (Å²) in [5.74, 6) is 2.76. The van der Waals surface area contributed by atoms with Gasteiger partial charge in [0.1, 0.15) is 0 Å². The Morgan fingerprint density at radius 3 is 0.683 bits per heavy atom. The van der Waals surface area contributed by atoms with Crippen molar-refractivity contribution in [1.29, 1.82) is 21.0 Å². The maximum absolute atomic E-state index is 10.0. The summed E-state index contributed by atoms with van der Waals surface area (Å²) in [6, 6.07) is 114. The predicted molar refractivity (Wildman–Crippen MR) is 471 cm³/mol. The van der Waals surface area contributed by atoms with Crippen LogP contribution in [0.2, 0.25) is 0 Å². The maximum Gasteiger partial charge on any atom is 0.196 e. The van der Waals surface area contributed by atoms with Crippen molar-refractivity contribution >= 4 is 66.4 Å². The molecule has 19 rings (SSSR count). The molecule has 0 aliphatic heterocycles. The molecule has 15 aromatic carbocycles. The molecule has 0 radical (unpaired) electrons. The lowest BCUT2D eigenvalue weighted by Crippen LogP contribution is -2.03. The number of benzene rings is 15. The van der Waals surface area contributed by atoms with Gasteiger partial charge in [-0.05, 0) is 171 Å². The van der Waals surface area contributed by atoms with E-state index in [9.17, 15) is 21.0 Å². The number of fused-ring (bicyclic) bond motifs is 6. The van der Waals surface area contributed by atoms with Crippen LogP contribution in [0.4, 0.5) is 22.7 Å². The van der Waals surface area contributed by atoms with E-state index in [1.807, 2.05) is 182 Å². The lowest BCUT2D eigenvalue weighted by atomic mass is 9.95. The van der Waals surface area contributed by atoms with Gasteiger partial charge in [0, 0.05) is 88.3 Å². The third-order valence-corrected chi connectivity index (χ3v) is 21.6. The minimum atomic E-state index is 0.319. The van der Waals surface area contributed by atoms with Gasteiger partial charge in [-0.2, -0.15) is 21.0 Å². The Labute approximate surface area is 688 Å². The van der Waals surface area contributed by atoms with E-state index in [1.54, 1.807) is 48.5 Å². The van der Waals surface area contributed by atoms with E-state index in [1.165, 1.54) is 0 Å². The van der Waals surface area contributed by atoms with E-state index in [2.05, 4.69) is 150 Å². The Morgan fingerprint density at radius 2 is 0.433 bits per heavy atom. The molecular weight excluding hydrogens is 1470 g/mol. The predicted octanol–water partition coefficient (Wildman–Crippen LogP) is 25.9. The summed E-state index contributed by atoms with van der Waals surface area (Å²) in [7, 11) is 0. The Morgan fingerprint density at radius 1 is 0.208 bits per heavy atom. The number of aromatic nitrogens is 8. The van der Waals surface area contributed by atoms with Gasteiger partial charge in [-0.25, -0.2) is 49.3 Å². The van der Waals surface area contributed by atoms with Crippen LogP contribution >= 0.6 is 0 Å². The first-order chi connectivity index (χ1) is 59.1. The van der Waals surface area contributed by atoms with Crippen LogP contribution in [-0.2, 0) is 0 Å². The van der Waals surface area contributed by atoms with E-state index in [-0.39, 0.29) is 0 Å². The van der Waals surface area contributed by atoms with Gasteiger partial charge in [0.2, 0.25) is 0 Å². The van der Waals surface area contributed by atoms with Gasteiger partial charge in [-0.1, -0.05) is 212 Å². The van der Waals surface area contributed by atoms with Crippen LogP contribution in [0.3, 0.4) is 0 Å². The summed E-state index contributed by atoms with van der Waals surface area (Å²) in [5.41, 5.74) is 20.7. The second-order valence-electron chi connectivity index (χ2n) is 28.5. The van der Waals surface area contributed by atoms with Gasteiger partial charge in [0.05, 0.1) is 84.0 Å². The molecule has 0 unspecified atom stereocenters. The molecule has 0 saturated heterocycles. The molecule has 16 nitrogen and oxygen atoms in total. The molecule has 0 fully saturated rings. The smallest absolute Gasteiger partial charge is 0.196 e. The van der Waals surface area contributed by atoms with Crippen LogP contribution in [0.15, 0.2) is 328 Å². The number of nitriles is 4. The van der Waals surface area contributed by atoms with Crippen LogP contribution < -0.4 is 0 Å². The lowest BCUT2D eigenvalue weighted by molar-refractivity contribution is 1.07. The Bertz CT molecular complexity index is 7040. The fraction of sp³-hybridized carbons (Fsp3) is 0. The standard InChI is InChI=1S/C104H54N16/c1-109-89-48-63(59-105)28-38-79(89)73-34-44-93-85(53-73)86-54-74(80-39-29-64(60-106)49-90(80)110-2)35-45-94(86)119(93)97-57-77(103-115-99(67-18-9-5-10-19-67)113-100(116-103)68-20-11-6-12-21-68)32-42-83(97)71-26-17-27-72(52-71)84-43-33-78(104-117-101(69-22-13-7-14-23-69)114-102(118-104)70-24-15-8-16-25-70)58-98(84)120-95-46-36-75(81-40-30-65(61-107)50-91(81)111-3)55-87(95)88-56-76(37-47-96(88)120)82-41-31-66(62-108)51-92(82)112-4/h5-58H. The van der Waals surface area contributed by atoms with Gasteiger partial charge in [0.25, 0.3) is 0 Å². The van der Waals surface area contributed by atoms with Crippen LogP contribution in [0.5, 0.6) is 0 Å². The maximum atomic E-state index is 10.0. The van der Waals surface area contributed by atoms with Crippen molar-refractivity contribution in [3.63, 3.8) is 0 Å². The molecule has 0 atom stereocenters. The highest BCUT2D eigenvalue weighted by atomic mass is 15.1. The molecule has 550 valence electrons. The van der Waals surface area contributed by atoms with Gasteiger partial charge >= 0.3 is 0 Å². The van der Waals surface area contributed by atoms with Crippen molar-refractivity contribution in [2.45, 2.75) is 0 Å². The largest absolute Gasteiger partial charge is 0.309 e. The van der Waals surface area contributed by atoms with E-state index < -0.39 is 0 Å². The SMILES string of the molecule is [C-]#[N+]c1cc(C#N)ccc1-c1ccc2c(c1)c1cc(-c3ccc(C#N)cc3[N+]#[C-])ccc1n2-c1cc(-c2nc(-c3ccccc3)nc(-c3ccccc3)n2)ccc1-c1cccc(-c2ccc(-c3nc(-c4ccccc4)nc(-c4ccccc4)n3)cc2-n2c3ccc(-c4ccc(C#N)cc4[N+]#[C-])cc3c3cc(-c4ccc(C#N)cc4[N+]#[C-])ccc32)c1. The minimum absolute atomic E-state index is 0.319. The van der Waals surface area contributed by atoms with Crippen LogP contribution in [0.25, 0.3) is 209 Å². The number of nitrogens with zero attached hydrogens (tertiary/aromatic N) is 16. The highest BCUT2D eigenvalue weighted by Crippen LogP contribution is 2.48. The molecule has 19 aromatic rings. The first-order valence-electron chi connectivity index (χ1n) is 38.1. The van der Waals surface area contributed by atoms with E-state index in [0.717, 1.165) is 122 Å². The van der Waals surface area contributed by atoms with E-state index in [4.69, 9.17) is 56.2 Å². The summed E-state index contributed by atoms with van der Waals surface area (Å²) >= 11 is 0. The number of hydrogen-bond donors (Lipinski definition) is 0. The molecule has 120 heavy (non-hydrogen) atoms. The summed E-state index contributed by atoms with van der Waals surface area (Å²) in [6.07, 6.45) is 0. The highest BCUT2D eigenvalue weighted by Gasteiger charge is 2.26. The Balaban J connectivity index is 0.882. The van der Waals surface area contributed by atoms with E-state index >= 15 is 0 Å². The van der Waals surface area contributed by atoms with Gasteiger partial charge in [-0.3, -0.25) is 0 Å². The molecule has 0 saturated carbocycles. The molecule has 16 heteroatoms. The third kappa shape index (κ3) is 13.0. The zero-order valence-electron chi connectivity index (χ0n) is 63.3. The Kier molecular flexibility index (Phi) is 18.3. The van der Waals surface area contributed by atoms with Crippen LogP contribution in [-0.4, -0.2) is 39.0 Å². The van der Waals surface area contributed by atoms with Crippen LogP contribution in [0, 0.1) is 71.6 Å². The first-order valence-corrected chi connectivity index (χ1v) is 38.1. The summed E-state index contributed by atoms with van der Waals surface area (Å²) < 4.78 is 4.48. The molecule has 0 amide bonds. The summed E-state index contributed by atoms with van der Waals surface area (Å²) in [4.78, 5) is 47.0.